The van der Waals surface area contributed by atoms with E-state index in [1.165, 1.54) is 0 Å². The zero-order valence-corrected chi connectivity index (χ0v) is 18.2. The molecule has 0 fully saturated rings. The van der Waals surface area contributed by atoms with Crippen LogP contribution in [0.4, 0.5) is 5.69 Å². The fourth-order valence-corrected chi connectivity index (χ4v) is 4.04. The Balaban J connectivity index is 1.40. The Morgan fingerprint density at radius 1 is 0.727 bits per heavy atom. The molecule has 0 atom stereocenters. The van der Waals surface area contributed by atoms with Crippen molar-refractivity contribution in [3.05, 3.63) is 114 Å². The molecular formula is C29H23NO3. The molecule has 0 aromatic heterocycles. The molecule has 5 aromatic carbocycles. The molecule has 1 amide bonds. The lowest BCUT2D eigenvalue weighted by Gasteiger charge is -2.14. The normalized spacial score (nSPS) is 10.8. The van der Waals surface area contributed by atoms with Gasteiger partial charge in [-0.3, -0.25) is 4.79 Å². The average molecular weight is 434 g/mol. The number of fused-ring (bicyclic) bond motifs is 2. The van der Waals surface area contributed by atoms with E-state index in [2.05, 4.69) is 17.4 Å². The van der Waals surface area contributed by atoms with E-state index in [1.807, 2.05) is 78.9 Å². The highest BCUT2D eigenvalue weighted by Gasteiger charge is 2.13. The molecule has 0 heterocycles. The van der Waals surface area contributed by atoms with E-state index >= 15 is 0 Å². The molecule has 5 rings (SSSR count). The largest absolute Gasteiger partial charge is 0.496 e. The van der Waals surface area contributed by atoms with Crippen molar-refractivity contribution < 1.29 is 14.3 Å². The number of anilines is 1. The number of ether oxygens (including phenoxy) is 2. The fourth-order valence-electron chi connectivity index (χ4n) is 4.04. The smallest absolute Gasteiger partial charge is 0.255 e. The van der Waals surface area contributed by atoms with Gasteiger partial charge in [0.15, 0.2) is 0 Å². The molecule has 33 heavy (non-hydrogen) atoms. The summed E-state index contributed by atoms with van der Waals surface area (Å²) in [6.07, 6.45) is 0. The highest BCUT2D eigenvalue weighted by Crippen LogP contribution is 2.29. The summed E-state index contributed by atoms with van der Waals surface area (Å²) in [5, 5.41) is 7.28. The summed E-state index contributed by atoms with van der Waals surface area (Å²) < 4.78 is 11.7. The molecule has 0 aliphatic carbocycles. The quantitative estimate of drug-likeness (QED) is 0.319. The van der Waals surface area contributed by atoms with Crippen LogP contribution in [0.2, 0.25) is 0 Å². The van der Waals surface area contributed by atoms with Crippen molar-refractivity contribution >= 4 is 33.1 Å². The first kappa shape index (κ1) is 20.6. The number of amides is 1. The van der Waals surface area contributed by atoms with E-state index in [0.717, 1.165) is 38.5 Å². The van der Waals surface area contributed by atoms with Crippen LogP contribution < -0.4 is 14.8 Å². The van der Waals surface area contributed by atoms with E-state index in [1.54, 1.807) is 19.2 Å². The van der Waals surface area contributed by atoms with E-state index in [4.69, 9.17) is 9.47 Å². The van der Waals surface area contributed by atoms with Crippen molar-refractivity contribution in [3.8, 4) is 11.5 Å². The molecule has 0 radical (unpaired) electrons. The Kier molecular flexibility index (Phi) is 5.64. The predicted molar refractivity (Wildman–Crippen MR) is 133 cm³/mol. The monoisotopic (exact) mass is 433 g/mol. The predicted octanol–water partition coefficient (Wildman–Crippen LogP) is 6.83. The van der Waals surface area contributed by atoms with Gasteiger partial charge in [0, 0.05) is 27.6 Å². The number of benzene rings is 5. The Morgan fingerprint density at radius 2 is 1.39 bits per heavy atom. The zero-order chi connectivity index (χ0) is 22.6. The first-order valence-electron chi connectivity index (χ1n) is 10.8. The molecule has 0 aliphatic rings. The van der Waals surface area contributed by atoms with Crippen molar-refractivity contribution in [2.75, 3.05) is 12.4 Å². The van der Waals surface area contributed by atoms with Crippen LogP contribution in [0.3, 0.4) is 0 Å². The highest BCUT2D eigenvalue weighted by molar-refractivity contribution is 6.09. The van der Waals surface area contributed by atoms with Crippen molar-refractivity contribution in [1.29, 1.82) is 0 Å². The first-order valence-corrected chi connectivity index (χ1v) is 10.8. The van der Waals surface area contributed by atoms with Crippen LogP contribution in [-0.4, -0.2) is 13.0 Å². The Labute approximate surface area is 192 Å². The molecule has 0 aliphatic heterocycles. The SMILES string of the molecule is COc1ccc(C(=O)Nc2cccc3ccccc23)cc1COc1cccc2ccccc12. The Bertz CT molecular complexity index is 1450. The molecule has 162 valence electrons. The molecule has 0 saturated heterocycles. The minimum atomic E-state index is -0.180. The van der Waals surface area contributed by atoms with Gasteiger partial charge in [-0.2, -0.15) is 0 Å². The van der Waals surface area contributed by atoms with E-state index in [9.17, 15) is 4.79 Å². The van der Waals surface area contributed by atoms with Crippen molar-refractivity contribution in [2.24, 2.45) is 0 Å². The van der Waals surface area contributed by atoms with Crippen LogP contribution in [0.5, 0.6) is 11.5 Å². The van der Waals surface area contributed by atoms with Gasteiger partial charge in [-0.05, 0) is 41.1 Å². The summed E-state index contributed by atoms with van der Waals surface area (Å²) in [5.74, 6) is 1.29. The molecule has 0 spiro atoms. The second-order valence-electron chi connectivity index (χ2n) is 7.77. The van der Waals surface area contributed by atoms with Crippen LogP contribution in [0.15, 0.2) is 103 Å². The second kappa shape index (κ2) is 9.05. The third kappa shape index (κ3) is 4.23. The molecule has 4 heteroatoms. The first-order chi connectivity index (χ1) is 16.2. The zero-order valence-electron chi connectivity index (χ0n) is 18.2. The molecule has 1 N–H and O–H groups in total. The minimum Gasteiger partial charge on any atom is -0.496 e. The van der Waals surface area contributed by atoms with E-state index < -0.39 is 0 Å². The van der Waals surface area contributed by atoms with Crippen molar-refractivity contribution in [2.45, 2.75) is 6.61 Å². The summed E-state index contributed by atoms with van der Waals surface area (Å²) in [7, 11) is 1.62. The lowest BCUT2D eigenvalue weighted by atomic mass is 10.1. The van der Waals surface area contributed by atoms with Gasteiger partial charge in [-0.15, -0.1) is 0 Å². The third-order valence-corrected chi connectivity index (χ3v) is 5.71. The summed E-state index contributed by atoms with van der Waals surface area (Å²) in [6.45, 7) is 0.284. The third-order valence-electron chi connectivity index (χ3n) is 5.71. The molecule has 0 saturated carbocycles. The average Bonchev–Trinajstić information content (AvgIpc) is 2.87. The summed E-state index contributed by atoms with van der Waals surface area (Å²) >= 11 is 0. The molecule has 4 nitrogen and oxygen atoms in total. The minimum absolute atomic E-state index is 0.180. The highest BCUT2D eigenvalue weighted by atomic mass is 16.5. The van der Waals surface area contributed by atoms with Gasteiger partial charge in [-0.25, -0.2) is 0 Å². The fraction of sp³-hybridized carbons (Fsp3) is 0.0690. The van der Waals surface area contributed by atoms with Gasteiger partial charge < -0.3 is 14.8 Å². The molecule has 5 aromatic rings. The van der Waals surface area contributed by atoms with Crippen LogP contribution >= 0.6 is 0 Å². The maximum Gasteiger partial charge on any atom is 0.255 e. The van der Waals surface area contributed by atoms with Gasteiger partial charge >= 0.3 is 0 Å². The van der Waals surface area contributed by atoms with Gasteiger partial charge in [0.1, 0.15) is 18.1 Å². The van der Waals surface area contributed by atoms with Gasteiger partial charge in [0.25, 0.3) is 5.91 Å². The van der Waals surface area contributed by atoms with Crippen molar-refractivity contribution in [1.82, 2.24) is 0 Å². The molecule has 0 bridgehead atoms. The van der Waals surface area contributed by atoms with Gasteiger partial charge in [0.2, 0.25) is 0 Å². The maximum absolute atomic E-state index is 13.1. The lowest BCUT2D eigenvalue weighted by molar-refractivity contribution is 0.102. The molecule has 0 unspecified atom stereocenters. The summed E-state index contributed by atoms with van der Waals surface area (Å²) in [4.78, 5) is 13.1. The number of methoxy groups -OCH3 is 1. The lowest BCUT2D eigenvalue weighted by Crippen LogP contribution is -2.13. The number of nitrogens with one attached hydrogen (secondary N) is 1. The van der Waals surface area contributed by atoms with Crippen LogP contribution in [0.25, 0.3) is 21.5 Å². The van der Waals surface area contributed by atoms with Crippen LogP contribution in [0, 0.1) is 0 Å². The maximum atomic E-state index is 13.1. The Hall–Kier alpha value is -4.31. The van der Waals surface area contributed by atoms with Crippen LogP contribution in [-0.2, 0) is 6.61 Å². The number of hydrogen-bond acceptors (Lipinski definition) is 3. The number of rotatable bonds is 6. The number of hydrogen-bond donors (Lipinski definition) is 1. The number of carbonyl (C=O) groups is 1. The Morgan fingerprint density at radius 3 is 2.18 bits per heavy atom. The standard InChI is InChI=1S/C29H23NO3/c1-32-27-17-16-22(29(31)30-26-14-6-10-20-8-2-4-12-24(20)26)18-23(27)19-33-28-15-7-11-21-9-3-5-13-25(21)28/h2-18H,19H2,1H3,(H,30,31). The van der Waals surface area contributed by atoms with Crippen molar-refractivity contribution in [3.63, 3.8) is 0 Å². The van der Waals surface area contributed by atoms with Gasteiger partial charge in [0.05, 0.1) is 7.11 Å². The summed E-state index contributed by atoms with van der Waals surface area (Å²) in [6, 6.07) is 33.3. The topological polar surface area (TPSA) is 47.6 Å². The van der Waals surface area contributed by atoms with E-state index in [0.29, 0.717) is 11.3 Å². The summed E-state index contributed by atoms with van der Waals surface area (Å²) in [5.41, 5.74) is 2.12. The second-order valence-corrected chi connectivity index (χ2v) is 7.77. The van der Waals surface area contributed by atoms with E-state index in [-0.39, 0.29) is 12.5 Å². The van der Waals surface area contributed by atoms with Crippen LogP contribution in [0.1, 0.15) is 15.9 Å². The molecular weight excluding hydrogens is 410 g/mol. The number of carbonyl (C=O) groups excluding carboxylic acids is 1. The van der Waals surface area contributed by atoms with Gasteiger partial charge in [-0.1, -0.05) is 72.8 Å².